The summed E-state index contributed by atoms with van der Waals surface area (Å²) in [6.07, 6.45) is 3.57. The number of allylic oxidation sites excluding steroid dienone is 1. The number of unbranched alkanes of at least 4 members (excludes halogenated alkanes) is 3. The first-order valence-corrected chi connectivity index (χ1v) is 9.77. The third-order valence-electron chi connectivity index (χ3n) is 4.78. The molecule has 5 atom stereocenters. The minimum Gasteiger partial charge on any atom is -0.550 e. The van der Waals surface area contributed by atoms with Gasteiger partial charge in [0.05, 0.1) is 12.2 Å². The molecule has 1 fully saturated rings. The van der Waals surface area contributed by atoms with Gasteiger partial charge in [0.25, 0.3) is 0 Å². The van der Waals surface area contributed by atoms with Crippen molar-refractivity contribution >= 4 is 11.9 Å². The molecular formula is C20H33O7-. The Hall–Kier alpha value is -1.44. The van der Waals surface area contributed by atoms with Crippen LogP contribution >= 0.6 is 0 Å². The number of rotatable bonds is 11. The molecule has 1 aliphatic rings. The molecule has 0 aliphatic carbocycles. The van der Waals surface area contributed by atoms with Gasteiger partial charge < -0.3 is 29.2 Å². The van der Waals surface area contributed by atoms with Gasteiger partial charge in [-0.15, -0.1) is 0 Å². The topological polar surface area (TPSA) is 105 Å². The van der Waals surface area contributed by atoms with Gasteiger partial charge in [0.1, 0.15) is 12.2 Å². The third-order valence-corrected chi connectivity index (χ3v) is 4.78. The number of carboxylic acid groups (broad SMARTS) is 1. The Kier molecular flexibility index (Phi) is 10.6. The van der Waals surface area contributed by atoms with Crippen LogP contribution in [0.2, 0.25) is 0 Å². The lowest BCUT2D eigenvalue weighted by Crippen LogP contribution is -2.49. The summed E-state index contributed by atoms with van der Waals surface area (Å²) in [5.74, 6) is -1.41. The fourth-order valence-corrected chi connectivity index (χ4v) is 2.90. The molecule has 0 spiro atoms. The second kappa shape index (κ2) is 12.1. The molecule has 0 aromatic rings. The number of carbonyl (C=O) groups excluding carboxylic acids is 2. The largest absolute Gasteiger partial charge is 0.550 e. The minimum absolute atomic E-state index is 0.0950. The standard InChI is InChI=1S/C20H34O7/c1-5-13(2)19(24)27-17-12-16(21)20(26-15(17)4)25-14(3)10-8-6-7-9-11-18(22)23/h5,14-17,20-21H,6-12H2,1-4H3,(H,22,23)/p-1/b13-5+. The fraction of sp³-hybridized carbons (Fsp3) is 0.800. The molecule has 156 valence electrons. The molecule has 7 heteroatoms. The highest BCUT2D eigenvalue weighted by Gasteiger charge is 2.38. The van der Waals surface area contributed by atoms with Crippen molar-refractivity contribution in [2.24, 2.45) is 0 Å². The first-order valence-electron chi connectivity index (χ1n) is 9.77. The Balaban J connectivity index is 2.32. The number of aliphatic carboxylic acids is 1. The molecule has 1 rings (SSSR count). The molecular weight excluding hydrogens is 352 g/mol. The molecule has 0 radical (unpaired) electrons. The molecule has 0 aromatic carbocycles. The molecule has 1 aliphatic heterocycles. The van der Waals surface area contributed by atoms with Gasteiger partial charge in [-0.3, -0.25) is 0 Å². The smallest absolute Gasteiger partial charge is 0.333 e. The van der Waals surface area contributed by atoms with E-state index in [1.54, 1.807) is 26.8 Å². The number of carboxylic acids is 1. The van der Waals surface area contributed by atoms with Crippen LogP contribution in [-0.4, -0.2) is 47.8 Å². The second-order valence-corrected chi connectivity index (χ2v) is 7.20. The predicted octanol–water partition coefficient (Wildman–Crippen LogP) is 1.86. The zero-order valence-corrected chi connectivity index (χ0v) is 16.8. The number of hydrogen-bond donors (Lipinski definition) is 1. The van der Waals surface area contributed by atoms with E-state index in [9.17, 15) is 19.8 Å². The van der Waals surface area contributed by atoms with E-state index in [0.717, 1.165) is 25.7 Å². The Labute approximate surface area is 161 Å². The number of aliphatic hydroxyl groups excluding tert-OH is 1. The number of esters is 1. The van der Waals surface area contributed by atoms with Crippen LogP contribution in [0.15, 0.2) is 11.6 Å². The molecule has 27 heavy (non-hydrogen) atoms. The average Bonchev–Trinajstić information content (AvgIpc) is 2.61. The van der Waals surface area contributed by atoms with Crippen molar-refractivity contribution in [2.75, 3.05) is 0 Å². The van der Waals surface area contributed by atoms with Crippen LogP contribution < -0.4 is 5.11 Å². The van der Waals surface area contributed by atoms with Gasteiger partial charge in [0, 0.05) is 18.0 Å². The van der Waals surface area contributed by atoms with Crippen molar-refractivity contribution in [1.29, 1.82) is 0 Å². The van der Waals surface area contributed by atoms with Crippen molar-refractivity contribution in [3.8, 4) is 0 Å². The van der Waals surface area contributed by atoms with Crippen LogP contribution in [0.25, 0.3) is 0 Å². The number of hydrogen-bond acceptors (Lipinski definition) is 7. The van der Waals surface area contributed by atoms with Crippen LogP contribution in [0.1, 0.15) is 72.6 Å². The normalized spacial score (nSPS) is 27.2. The van der Waals surface area contributed by atoms with Crippen molar-refractivity contribution < 1.29 is 34.0 Å². The van der Waals surface area contributed by atoms with Gasteiger partial charge >= 0.3 is 5.97 Å². The molecule has 1 saturated heterocycles. The SMILES string of the molecule is C/C=C(\C)C(=O)OC1CC(O)C(OC(C)CCCCCCC(=O)[O-])OC1C. The third kappa shape index (κ3) is 8.86. The molecule has 1 heterocycles. The first kappa shape index (κ1) is 23.6. The molecule has 7 nitrogen and oxygen atoms in total. The van der Waals surface area contributed by atoms with Gasteiger partial charge in [-0.1, -0.05) is 25.3 Å². The van der Waals surface area contributed by atoms with Crippen molar-refractivity contribution in [1.82, 2.24) is 0 Å². The number of ether oxygens (including phenoxy) is 3. The van der Waals surface area contributed by atoms with Crippen molar-refractivity contribution in [2.45, 2.75) is 103 Å². The predicted molar refractivity (Wildman–Crippen MR) is 97.5 cm³/mol. The summed E-state index contributed by atoms with van der Waals surface area (Å²) < 4.78 is 16.9. The summed E-state index contributed by atoms with van der Waals surface area (Å²) in [5, 5.41) is 20.6. The van der Waals surface area contributed by atoms with Crippen molar-refractivity contribution in [3.63, 3.8) is 0 Å². The summed E-state index contributed by atoms with van der Waals surface area (Å²) in [6, 6.07) is 0. The van der Waals surface area contributed by atoms with Gasteiger partial charge in [0.15, 0.2) is 6.29 Å². The molecule has 0 bridgehead atoms. The number of aliphatic hydroxyl groups is 1. The fourth-order valence-electron chi connectivity index (χ4n) is 2.90. The maximum absolute atomic E-state index is 11.9. The lowest BCUT2D eigenvalue weighted by Gasteiger charge is -2.38. The molecule has 0 saturated carbocycles. The highest BCUT2D eigenvalue weighted by molar-refractivity contribution is 5.87. The van der Waals surface area contributed by atoms with Crippen LogP contribution in [0.4, 0.5) is 0 Å². The quantitative estimate of drug-likeness (QED) is 0.329. The van der Waals surface area contributed by atoms with Crippen LogP contribution in [0, 0.1) is 0 Å². The summed E-state index contributed by atoms with van der Waals surface area (Å²) in [7, 11) is 0. The van der Waals surface area contributed by atoms with E-state index in [4.69, 9.17) is 14.2 Å². The zero-order valence-electron chi connectivity index (χ0n) is 16.8. The monoisotopic (exact) mass is 385 g/mol. The van der Waals surface area contributed by atoms with E-state index in [-0.39, 0.29) is 25.0 Å². The second-order valence-electron chi connectivity index (χ2n) is 7.20. The van der Waals surface area contributed by atoms with Crippen LogP contribution in [0.5, 0.6) is 0 Å². The summed E-state index contributed by atoms with van der Waals surface area (Å²) in [4.78, 5) is 22.2. The van der Waals surface area contributed by atoms with E-state index >= 15 is 0 Å². The summed E-state index contributed by atoms with van der Waals surface area (Å²) in [6.45, 7) is 7.16. The Morgan fingerprint density at radius 2 is 1.96 bits per heavy atom. The average molecular weight is 385 g/mol. The Morgan fingerprint density at radius 1 is 1.30 bits per heavy atom. The molecule has 1 N–H and O–H groups in total. The highest BCUT2D eigenvalue weighted by atomic mass is 16.7. The van der Waals surface area contributed by atoms with Crippen LogP contribution in [-0.2, 0) is 23.8 Å². The van der Waals surface area contributed by atoms with Crippen LogP contribution in [0.3, 0.4) is 0 Å². The number of carbonyl (C=O) groups is 2. The lowest BCUT2D eigenvalue weighted by molar-refractivity contribution is -0.305. The molecule has 0 amide bonds. The molecule has 0 aromatic heterocycles. The van der Waals surface area contributed by atoms with E-state index in [2.05, 4.69) is 0 Å². The Morgan fingerprint density at radius 3 is 2.59 bits per heavy atom. The lowest BCUT2D eigenvalue weighted by atomic mass is 10.0. The van der Waals surface area contributed by atoms with Gasteiger partial charge in [-0.25, -0.2) is 4.79 Å². The highest BCUT2D eigenvalue weighted by Crippen LogP contribution is 2.26. The first-order chi connectivity index (χ1) is 12.7. The van der Waals surface area contributed by atoms with E-state index in [1.165, 1.54) is 0 Å². The van der Waals surface area contributed by atoms with Crippen molar-refractivity contribution in [3.05, 3.63) is 11.6 Å². The van der Waals surface area contributed by atoms with E-state index < -0.39 is 30.4 Å². The maximum atomic E-state index is 11.9. The van der Waals surface area contributed by atoms with E-state index in [0.29, 0.717) is 12.0 Å². The zero-order chi connectivity index (χ0) is 20.4. The maximum Gasteiger partial charge on any atom is 0.333 e. The summed E-state index contributed by atoms with van der Waals surface area (Å²) in [5.41, 5.74) is 0.517. The molecule has 5 unspecified atom stereocenters. The summed E-state index contributed by atoms with van der Waals surface area (Å²) >= 11 is 0. The van der Waals surface area contributed by atoms with Gasteiger partial charge in [-0.2, -0.15) is 0 Å². The van der Waals surface area contributed by atoms with Gasteiger partial charge in [0.2, 0.25) is 0 Å². The van der Waals surface area contributed by atoms with E-state index in [1.807, 2.05) is 6.92 Å². The Bertz CT molecular complexity index is 503. The minimum atomic E-state index is -1.01. The van der Waals surface area contributed by atoms with Gasteiger partial charge in [-0.05, 0) is 47.0 Å².